The van der Waals surface area contributed by atoms with Gasteiger partial charge in [-0.05, 0) is 29.8 Å². The molecule has 8 nitrogen and oxygen atoms in total. The maximum atomic E-state index is 12.2. The van der Waals surface area contributed by atoms with Gasteiger partial charge in [0.05, 0.1) is 10.7 Å². The quantitative estimate of drug-likeness (QED) is 0.671. The first-order valence-electron chi connectivity index (χ1n) is 6.95. The number of nitrogens with one attached hydrogen (secondary N) is 1. The molecule has 9 heteroatoms. The molecule has 0 saturated carbocycles. The molecule has 2 aromatic rings. The molecule has 1 aliphatic heterocycles. The molecule has 1 aliphatic rings. The van der Waals surface area contributed by atoms with E-state index < -0.39 is 16.2 Å². The normalized spacial score (nSPS) is 16.9. The lowest BCUT2D eigenvalue weighted by Crippen LogP contribution is -2.44. The molecule has 1 aromatic heterocycles. The molecule has 0 radical (unpaired) electrons. The van der Waals surface area contributed by atoms with Crippen LogP contribution in [0, 0.1) is 10.1 Å². The van der Waals surface area contributed by atoms with Crippen LogP contribution in [-0.2, 0) is 4.79 Å². The maximum absolute atomic E-state index is 12.2. The molecule has 1 saturated heterocycles. The van der Waals surface area contributed by atoms with Crippen molar-refractivity contribution in [2.45, 2.75) is 5.37 Å². The number of benzene rings is 1. The van der Waals surface area contributed by atoms with Gasteiger partial charge in [0, 0.05) is 30.1 Å². The predicted molar refractivity (Wildman–Crippen MR) is 86.8 cm³/mol. The molecule has 1 unspecified atom stereocenters. The van der Waals surface area contributed by atoms with Crippen LogP contribution in [0.3, 0.4) is 0 Å². The Bertz CT molecular complexity index is 782. The summed E-state index contributed by atoms with van der Waals surface area (Å²) in [6.45, 7) is 0. The third-order valence-electron chi connectivity index (χ3n) is 3.42. The monoisotopic (exact) mass is 344 g/mol. The SMILES string of the molecule is O=C(NN1C(=O)CSC1c1ccc([N+](=O)[O-])cc1)c1ccncc1. The number of aromatic nitrogens is 1. The summed E-state index contributed by atoms with van der Waals surface area (Å²) in [5.41, 5.74) is 3.65. The zero-order valence-electron chi connectivity index (χ0n) is 12.3. The third-order valence-corrected chi connectivity index (χ3v) is 4.63. The molecule has 0 bridgehead atoms. The van der Waals surface area contributed by atoms with Gasteiger partial charge in [0.15, 0.2) is 0 Å². The molecular formula is C15H12N4O4S. The van der Waals surface area contributed by atoms with Crippen LogP contribution in [0.4, 0.5) is 5.69 Å². The number of nitrogens with zero attached hydrogens (tertiary/aromatic N) is 3. The Morgan fingerprint density at radius 1 is 1.25 bits per heavy atom. The maximum Gasteiger partial charge on any atom is 0.270 e. The molecule has 1 atom stereocenters. The van der Waals surface area contributed by atoms with Crippen molar-refractivity contribution in [2.24, 2.45) is 0 Å². The van der Waals surface area contributed by atoms with Gasteiger partial charge in [-0.15, -0.1) is 11.8 Å². The Kier molecular flexibility index (Phi) is 4.43. The van der Waals surface area contributed by atoms with Crippen LogP contribution < -0.4 is 5.43 Å². The highest BCUT2D eigenvalue weighted by Gasteiger charge is 2.34. The van der Waals surface area contributed by atoms with Crippen molar-refractivity contribution in [1.29, 1.82) is 0 Å². The van der Waals surface area contributed by atoms with Crippen molar-refractivity contribution < 1.29 is 14.5 Å². The van der Waals surface area contributed by atoms with E-state index >= 15 is 0 Å². The van der Waals surface area contributed by atoms with E-state index in [4.69, 9.17) is 0 Å². The third kappa shape index (κ3) is 3.20. The number of amides is 2. The number of non-ortho nitro benzene ring substituents is 1. The number of hydrazine groups is 1. The first kappa shape index (κ1) is 15.9. The van der Waals surface area contributed by atoms with Crippen LogP contribution >= 0.6 is 11.8 Å². The van der Waals surface area contributed by atoms with E-state index in [9.17, 15) is 19.7 Å². The van der Waals surface area contributed by atoms with E-state index in [0.717, 1.165) is 0 Å². The number of thioether (sulfide) groups is 1. The molecule has 0 spiro atoms. The van der Waals surface area contributed by atoms with Gasteiger partial charge in [-0.25, -0.2) is 5.01 Å². The van der Waals surface area contributed by atoms with Gasteiger partial charge in [-0.3, -0.25) is 30.1 Å². The number of carbonyl (C=O) groups is 2. The predicted octanol–water partition coefficient (Wildman–Crippen LogP) is 1.91. The Balaban J connectivity index is 1.79. The van der Waals surface area contributed by atoms with E-state index in [1.54, 1.807) is 24.3 Å². The van der Waals surface area contributed by atoms with Crippen LogP contribution in [0.5, 0.6) is 0 Å². The Morgan fingerprint density at radius 3 is 2.54 bits per heavy atom. The molecule has 2 heterocycles. The van der Waals surface area contributed by atoms with E-state index in [1.165, 1.54) is 41.3 Å². The van der Waals surface area contributed by atoms with Crippen molar-refractivity contribution in [3.63, 3.8) is 0 Å². The van der Waals surface area contributed by atoms with Gasteiger partial charge in [-0.1, -0.05) is 0 Å². The summed E-state index contributed by atoms with van der Waals surface area (Å²) < 4.78 is 0. The average molecular weight is 344 g/mol. The van der Waals surface area contributed by atoms with Gasteiger partial charge in [0.25, 0.3) is 17.5 Å². The number of rotatable bonds is 4. The summed E-state index contributed by atoms with van der Waals surface area (Å²) in [6.07, 6.45) is 2.98. The van der Waals surface area contributed by atoms with E-state index in [1.807, 2.05) is 0 Å². The highest BCUT2D eigenvalue weighted by atomic mass is 32.2. The van der Waals surface area contributed by atoms with Gasteiger partial charge in [-0.2, -0.15) is 0 Å². The number of nitro groups is 1. The number of hydrogen-bond donors (Lipinski definition) is 1. The number of pyridine rings is 1. The van der Waals surface area contributed by atoms with Crippen LogP contribution in [0.25, 0.3) is 0 Å². The zero-order chi connectivity index (χ0) is 17.1. The summed E-state index contributed by atoms with van der Waals surface area (Å²) in [6, 6.07) is 9.01. The minimum atomic E-state index is -0.486. The largest absolute Gasteiger partial charge is 0.272 e. The molecule has 1 aromatic carbocycles. The van der Waals surface area contributed by atoms with Gasteiger partial charge in [0.1, 0.15) is 5.37 Å². The zero-order valence-corrected chi connectivity index (χ0v) is 13.1. The summed E-state index contributed by atoms with van der Waals surface area (Å²) in [4.78, 5) is 38.4. The van der Waals surface area contributed by atoms with Crippen molar-refractivity contribution in [3.05, 3.63) is 70.0 Å². The van der Waals surface area contributed by atoms with Crippen LogP contribution in [0.1, 0.15) is 21.3 Å². The summed E-state index contributed by atoms with van der Waals surface area (Å²) in [5.74, 6) is -0.427. The molecule has 1 N–H and O–H groups in total. The Hall–Kier alpha value is -2.94. The van der Waals surface area contributed by atoms with E-state index in [0.29, 0.717) is 11.1 Å². The smallest absolute Gasteiger partial charge is 0.270 e. The first-order valence-corrected chi connectivity index (χ1v) is 8.00. The topological polar surface area (TPSA) is 105 Å². The van der Waals surface area contributed by atoms with Gasteiger partial charge in [0.2, 0.25) is 0 Å². The second-order valence-corrected chi connectivity index (χ2v) is 6.02. The summed E-state index contributed by atoms with van der Waals surface area (Å²) in [5, 5.41) is 11.6. The Morgan fingerprint density at radius 2 is 1.92 bits per heavy atom. The lowest BCUT2D eigenvalue weighted by atomic mass is 10.2. The highest BCUT2D eigenvalue weighted by Crippen LogP contribution is 2.37. The molecular weight excluding hydrogens is 332 g/mol. The molecule has 1 fully saturated rings. The molecule has 2 amide bonds. The Labute approximate surface area is 141 Å². The summed E-state index contributed by atoms with van der Waals surface area (Å²) >= 11 is 1.34. The fourth-order valence-corrected chi connectivity index (χ4v) is 3.34. The van der Waals surface area contributed by atoms with Crippen LogP contribution in [-0.4, -0.2) is 32.5 Å². The minimum absolute atomic E-state index is 0.0274. The second-order valence-electron chi connectivity index (χ2n) is 4.95. The van der Waals surface area contributed by atoms with Crippen molar-refractivity contribution in [3.8, 4) is 0 Å². The average Bonchev–Trinajstić information content (AvgIpc) is 2.96. The standard InChI is InChI=1S/C15H12N4O4S/c20-13-9-24-15(11-1-3-12(4-2-11)19(22)23)18(13)17-14(21)10-5-7-16-8-6-10/h1-8,15H,9H2,(H,17,21). The molecule has 0 aliphatic carbocycles. The first-order chi connectivity index (χ1) is 11.6. The lowest BCUT2D eigenvalue weighted by Gasteiger charge is -2.24. The molecule has 122 valence electrons. The summed E-state index contributed by atoms with van der Waals surface area (Å²) in [7, 11) is 0. The van der Waals surface area contributed by atoms with E-state index in [2.05, 4.69) is 10.4 Å². The molecule has 3 rings (SSSR count). The second kappa shape index (κ2) is 6.67. The van der Waals surface area contributed by atoms with Crippen LogP contribution in [0.15, 0.2) is 48.8 Å². The highest BCUT2D eigenvalue weighted by molar-refractivity contribution is 8.00. The van der Waals surface area contributed by atoms with E-state index in [-0.39, 0.29) is 17.3 Å². The minimum Gasteiger partial charge on any atom is -0.272 e. The number of hydrogen-bond acceptors (Lipinski definition) is 6. The molecule has 24 heavy (non-hydrogen) atoms. The number of nitro benzene ring substituents is 1. The lowest BCUT2D eigenvalue weighted by molar-refractivity contribution is -0.384. The fourth-order valence-electron chi connectivity index (χ4n) is 2.23. The van der Waals surface area contributed by atoms with Crippen LogP contribution in [0.2, 0.25) is 0 Å². The van der Waals surface area contributed by atoms with Crippen molar-refractivity contribution >= 4 is 29.3 Å². The van der Waals surface area contributed by atoms with Gasteiger partial charge >= 0.3 is 0 Å². The van der Waals surface area contributed by atoms with Gasteiger partial charge < -0.3 is 0 Å². The van der Waals surface area contributed by atoms with Crippen molar-refractivity contribution in [1.82, 2.24) is 15.4 Å². The van der Waals surface area contributed by atoms with Crippen molar-refractivity contribution in [2.75, 3.05) is 5.75 Å². The number of carbonyl (C=O) groups excluding carboxylic acids is 2. The fraction of sp³-hybridized carbons (Fsp3) is 0.133.